The molecule has 0 saturated carbocycles. The summed E-state index contributed by atoms with van der Waals surface area (Å²) >= 11 is 0. The second-order valence-corrected chi connectivity index (χ2v) is 8.74. The van der Waals surface area contributed by atoms with Crippen molar-refractivity contribution in [1.29, 1.82) is 0 Å². The molecule has 3 rings (SSSR count). The van der Waals surface area contributed by atoms with Crippen LogP contribution in [-0.2, 0) is 10.0 Å². The number of nitro groups is 1. The van der Waals surface area contributed by atoms with Crippen molar-refractivity contribution in [2.24, 2.45) is 5.10 Å². The molecular weight excluding hydrogens is 446 g/mol. The Bertz CT molecular complexity index is 1220. The Hall–Kier alpha value is -3.92. The molecule has 0 unspecified atom stereocenters. The first kappa shape index (κ1) is 23.7. The van der Waals surface area contributed by atoms with Gasteiger partial charge in [-0.3, -0.25) is 10.1 Å². The normalized spacial score (nSPS) is 11.6. The Morgan fingerprint density at radius 2 is 1.42 bits per heavy atom. The minimum absolute atomic E-state index is 0.000436. The maximum atomic E-state index is 12.3. The zero-order chi connectivity index (χ0) is 23.8. The molecule has 0 aliphatic heterocycles. The summed E-state index contributed by atoms with van der Waals surface area (Å²) in [6.45, 7) is 4.12. The number of nitro benzene ring substituents is 1. The number of sulfonamides is 1. The molecule has 0 amide bonds. The molecular formula is C23H23N3O6S. The van der Waals surface area contributed by atoms with E-state index in [1.165, 1.54) is 36.4 Å². The van der Waals surface area contributed by atoms with E-state index < -0.39 is 14.9 Å². The van der Waals surface area contributed by atoms with Gasteiger partial charge in [-0.2, -0.15) is 18.4 Å². The fraction of sp³-hybridized carbons (Fsp3) is 0.174. The summed E-state index contributed by atoms with van der Waals surface area (Å²) < 4.78 is 35.8. The van der Waals surface area contributed by atoms with Gasteiger partial charge < -0.3 is 9.47 Å². The highest BCUT2D eigenvalue weighted by molar-refractivity contribution is 7.89. The van der Waals surface area contributed by atoms with Crippen LogP contribution in [0.15, 0.2) is 82.8 Å². The SMILES string of the molecule is C/C(=N/NS(=O)(=O)c1ccc(C)cc1)c1ccc(OCCOc2ccc([N+](=O)[O-])cc2)cc1. The molecule has 1 N–H and O–H groups in total. The molecule has 0 bridgehead atoms. The molecule has 0 saturated heterocycles. The van der Waals surface area contributed by atoms with Gasteiger partial charge >= 0.3 is 0 Å². The maximum absolute atomic E-state index is 12.3. The van der Waals surface area contributed by atoms with Gasteiger partial charge in [0, 0.05) is 12.1 Å². The summed E-state index contributed by atoms with van der Waals surface area (Å²) in [5.41, 5.74) is 2.20. The Morgan fingerprint density at radius 1 is 0.909 bits per heavy atom. The average molecular weight is 470 g/mol. The van der Waals surface area contributed by atoms with E-state index in [1.54, 1.807) is 43.3 Å². The van der Waals surface area contributed by atoms with Gasteiger partial charge in [0.1, 0.15) is 24.7 Å². The fourth-order valence-electron chi connectivity index (χ4n) is 2.74. The van der Waals surface area contributed by atoms with Gasteiger partial charge in [-0.25, -0.2) is 0 Å². The predicted octanol–water partition coefficient (Wildman–Crippen LogP) is 4.06. The lowest BCUT2D eigenvalue weighted by atomic mass is 10.1. The zero-order valence-electron chi connectivity index (χ0n) is 18.1. The van der Waals surface area contributed by atoms with E-state index in [2.05, 4.69) is 9.93 Å². The van der Waals surface area contributed by atoms with Crippen LogP contribution < -0.4 is 14.3 Å². The van der Waals surface area contributed by atoms with E-state index in [0.29, 0.717) is 17.2 Å². The molecule has 0 aromatic heterocycles. The maximum Gasteiger partial charge on any atom is 0.276 e. The molecule has 33 heavy (non-hydrogen) atoms. The minimum Gasteiger partial charge on any atom is -0.490 e. The van der Waals surface area contributed by atoms with Crippen LogP contribution >= 0.6 is 0 Å². The van der Waals surface area contributed by atoms with E-state index in [-0.39, 0.29) is 23.8 Å². The van der Waals surface area contributed by atoms with Crippen LogP contribution in [0, 0.1) is 17.0 Å². The third-order valence-electron chi connectivity index (χ3n) is 4.61. The van der Waals surface area contributed by atoms with E-state index in [9.17, 15) is 18.5 Å². The molecule has 172 valence electrons. The summed E-state index contributed by atoms with van der Waals surface area (Å²) in [5.74, 6) is 1.12. The van der Waals surface area contributed by atoms with Gasteiger partial charge in [0.2, 0.25) is 0 Å². The van der Waals surface area contributed by atoms with Crippen LogP contribution in [0.4, 0.5) is 5.69 Å². The fourth-order valence-corrected chi connectivity index (χ4v) is 3.60. The number of benzene rings is 3. The minimum atomic E-state index is -3.74. The van der Waals surface area contributed by atoms with E-state index in [4.69, 9.17) is 9.47 Å². The summed E-state index contributed by atoms with van der Waals surface area (Å²) in [5, 5.41) is 14.6. The van der Waals surface area contributed by atoms with E-state index >= 15 is 0 Å². The van der Waals surface area contributed by atoms with Crippen molar-refractivity contribution in [3.8, 4) is 11.5 Å². The number of ether oxygens (including phenoxy) is 2. The molecule has 0 atom stereocenters. The van der Waals surface area contributed by atoms with E-state index in [1.807, 2.05) is 6.92 Å². The number of hydrazone groups is 1. The average Bonchev–Trinajstić information content (AvgIpc) is 2.81. The number of hydrogen-bond donors (Lipinski definition) is 1. The summed E-state index contributed by atoms with van der Waals surface area (Å²) in [4.78, 5) is 12.6. The lowest BCUT2D eigenvalue weighted by Gasteiger charge is -2.09. The van der Waals surface area contributed by atoms with Crippen molar-refractivity contribution in [3.63, 3.8) is 0 Å². The monoisotopic (exact) mass is 469 g/mol. The quantitative estimate of drug-likeness (QED) is 0.207. The lowest BCUT2D eigenvalue weighted by Crippen LogP contribution is -2.20. The van der Waals surface area contributed by atoms with E-state index in [0.717, 1.165) is 11.1 Å². The Labute approximate surface area is 191 Å². The first-order valence-electron chi connectivity index (χ1n) is 9.98. The number of rotatable bonds is 10. The highest BCUT2D eigenvalue weighted by Gasteiger charge is 2.12. The summed E-state index contributed by atoms with van der Waals surface area (Å²) in [6, 6.07) is 19.3. The number of aryl methyl sites for hydroxylation is 1. The van der Waals surface area contributed by atoms with Crippen LogP contribution in [-0.4, -0.2) is 32.3 Å². The number of hydrogen-bond acceptors (Lipinski definition) is 7. The Morgan fingerprint density at radius 3 is 1.94 bits per heavy atom. The van der Waals surface area contributed by atoms with Gasteiger partial charge in [0.05, 0.1) is 15.5 Å². The highest BCUT2D eigenvalue weighted by Crippen LogP contribution is 2.18. The van der Waals surface area contributed by atoms with Crippen LogP contribution in [0.25, 0.3) is 0 Å². The smallest absolute Gasteiger partial charge is 0.276 e. The van der Waals surface area contributed by atoms with Crippen LogP contribution in [0.1, 0.15) is 18.1 Å². The van der Waals surface area contributed by atoms with Crippen molar-refractivity contribution < 1.29 is 22.8 Å². The van der Waals surface area contributed by atoms with Crippen molar-refractivity contribution in [3.05, 3.63) is 94.0 Å². The second-order valence-electron chi connectivity index (χ2n) is 7.08. The molecule has 0 heterocycles. The lowest BCUT2D eigenvalue weighted by molar-refractivity contribution is -0.384. The largest absolute Gasteiger partial charge is 0.490 e. The standard InChI is InChI=1S/C23H23N3O6S/c1-17-3-13-23(14-4-17)33(29,30)25-24-18(2)19-5-9-21(10-6-19)31-15-16-32-22-11-7-20(8-12-22)26(27)28/h3-14,25H,15-16H2,1-2H3/b24-18-. The molecule has 0 spiro atoms. The van der Waals surface area contributed by atoms with Crippen molar-refractivity contribution >= 4 is 21.4 Å². The second kappa shape index (κ2) is 10.6. The molecule has 3 aromatic rings. The zero-order valence-corrected chi connectivity index (χ0v) is 18.9. The van der Waals surface area contributed by atoms with Crippen molar-refractivity contribution in [2.45, 2.75) is 18.7 Å². The number of nitrogens with one attached hydrogen (secondary N) is 1. The molecule has 0 aliphatic rings. The van der Waals surface area contributed by atoms with Crippen molar-refractivity contribution in [1.82, 2.24) is 4.83 Å². The van der Waals surface area contributed by atoms with Gasteiger partial charge in [-0.1, -0.05) is 17.7 Å². The Kier molecular flexibility index (Phi) is 7.62. The van der Waals surface area contributed by atoms with Crippen molar-refractivity contribution in [2.75, 3.05) is 13.2 Å². The molecule has 9 nitrogen and oxygen atoms in total. The topological polar surface area (TPSA) is 120 Å². The third kappa shape index (κ3) is 6.78. The predicted molar refractivity (Wildman–Crippen MR) is 124 cm³/mol. The van der Waals surface area contributed by atoms with Crippen LogP contribution in [0.2, 0.25) is 0 Å². The van der Waals surface area contributed by atoms with Crippen LogP contribution in [0.5, 0.6) is 11.5 Å². The molecule has 0 aliphatic carbocycles. The Balaban J connectivity index is 1.49. The summed E-state index contributed by atoms with van der Waals surface area (Å²) in [6.07, 6.45) is 0. The van der Waals surface area contributed by atoms with Crippen LogP contribution in [0.3, 0.4) is 0 Å². The summed E-state index contributed by atoms with van der Waals surface area (Å²) in [7, 11) is -3.74. The first-order chi connectivity index (χ1) is 15.7. The molecule has 3 aromatic carbocycles. The highest BCUT2D eigenvalue weighted by atomic mass is 32.2. The number of non-ortho nitro benzene ring substituents is 1. The molecule has 10 heteroatoms. The number of nitrogens with zero attached hydrogens (tertiary/aromatic N) is 2. The molecule has 0 fully saturated rings. The van der Waals surface area contributed by atoms with Gasteiger partial charge in [0.25, 0.3) is 15.7 Å². The first-order valence-corrected chi connectivity index (χ1v) is 11.5. The van der Waals surface area contributed by atoms with Gasteiger partial charge in [-0.05, 0) is 67.9 Å². The third-order valence-corrected chi connectivity index (χ3v) is 5.83. The molecule has 0 radical (unpaired) electrons. The van der Waals surface area contributed by atoms with Gasteiger partial charge in [0.15, 0.2) is 0 Å². The van der Waals surface area contributed by atoms with Gasteiger partial charge in [-0.15, -0.1) is 0 Å².